The number of hydrogen-bond donors (Lipinski definition) is 2. The summed E-state index contributed by atoms with van der Waals surface area (Å²) in [7, 11) is 0. The van der Waals surface area contributed by atoms with Crippen LogP contribution in [0.2, 0.25) is 0 Å². The van der Waals surface area contributed by atoms with Gasteiger partial charge in [0.1, 0.15) is 0 Å². The average molecular weight is 280 g/mol. The van der Waals surface area contributed by atoms with Crippen molar-refractivity contribution in [3.63, 3.8) is 0 Å². The van der Waals surface area contributed by atoms with Crippen molar-refractivity contribution in [3.8, 4) is 0 Å². The third-order valence-corrected chi connectivity index (χ3v) is 5.97. The quantitative estimate of drug-likeness (QED) is 0.813. The second-order valence-corrected chi connectivity index (χ2v) is 7.70. The van der Waals surface area contributed by atoms with Crippen molar-refractivity contribution in [2.24, 2.45) is 28.9 Å². The summed E-state index contributed by atoms with van der Waals surface area (Å²) < 4.78 is 0. The van der Waals surface area contributed by atoms with Crippen LogP contribution in [-0.2, 0) is 4.79 Å². The molecule has 0 aromatic rings. The van der Waals surface area contributed by atoms with Gasteiger partial charge in [0.05, 0.1) is 0 Å². The number of nitrogens with two attached hydrogens (primary N) is 1. The van der Waals surface area contributed by atoms with E-state index in [1.807, 2.05) is 0 Å². The first-order chi connectivity index (χ1) is 9.36. The summed E-state index contributed by atoms with van der Waals surface area (Å²) in [5, 5.41) is 3.32. The maximum absolute atomic E-state index is 12.7. The largest absolute Gasteiger partial charge is 0.353 e. The summed E-state index contributed by atoms with van der Waals surface area (Å²) in [4.78, 5) is 12.7. The van der Waals surface area contributed by atoms with Crippen molar-refractivity contribution < 1.29 is 4.79 Å². The van der Waals surface area contributed by atoms with Crippen molar-refractivity contribution in [1.29, 1.82) is 0 Å². The Labute approximate surface area is 124 Å². The van der Waals surface area contributed by atoms with Gasteiger partial charge in [-0.25, -0.2) is 0 Å². The molecule has 0 heterocycles. The summed E-state index contributed by atoms with van der Waals surface area (Å²) in [5.41, 5.74) is 6.19. The molecule has 2 fully saturated rings. The third-order valence-electron chi connectivity index (χ3n) is 5.97. The smallest absolute Gasteiger partial charge is 0.223 e. The highest BCUT2D eigenvalue weighted by atomic mass is 16.2. The van der Waals surface area contributed by atoms with Crippen LogP contribution in [0.15, 0.2) is 0 Å². The molecule has 2 saturated carbocycles. The Morgan fingerprint density at radius 2 is 1.95 bits per heavy atom. The van der Waals surface area contributed by atoms with Crippen LogP contribution >= 0.6 is 0 Å². The zero-order chi connectivity index (χ0) is 14.9. The van der Waals surface area contributed by atoms with E-state index in [-0.39, 0.29) is 23.3 Å². The van der Waals surface area contributed by atoms with Crippen LogP contribution in [-0.4, -0.2) is 18.0 Å². The van der Waals surface area contributed by atoms with Crippen LogP contribution in [0, 0.1) is 23.2 Å². The van der Waals surface area contributed by atoms with E-state index in [9.17, 15) is 4.79 Å². The van der Waals surface area contributed by atoms with Gasteiger partial charge in [0.25, 0.3) is 0 Å². The lowest BCUT2D eigenvalue weighted by Crippen LogP contribution is -2.52. The molecule has 0 aliphatic heterocycles. The van der Waals surface area contributed by atoms with E-state index in [4.69, 9.17) is 5.73 Å². The van der Waals surface area contributed by atoms with Crippen molar-refractivity contribution in [3.05, 3.63) is 0 Å². The summed E-state index contributed by atoms with van der Waals surface area (Å²) >= 11 is 0. The molecule has 0 saturated heterocycles. The van der Waals surface area contributed by atoms with Gasteiger partial charge in [-0.1, -0.05) is 40.5 Å². The number of rotatable bonds is 5. The first-order valence-electron chi connectivity index (χ1n) is 8.42. The normalized spacial score (nSPS) is 34.5. The van der Waals surface area contributed by atoms with Crippen molar-refractivity contribution in [2.75, 3.05) is 0 Å². The number of amides is 1. The molecule has 1 amide bonds. The highest BCUT2D eigenvalue weighted by Crippen LogP contribution is 2.44. The van der Waals surface area contributed by atoms with Gasteiger partial charge in [0.15, 0.2) is 0 Å². The predicted molar refractivity (Wildman–Crippen MR) is 83.2 cm³/mol. The maximum atomic E-state index is 12.7. The van der Waals surface area contributed by atoms with E-state index in [2.05, 4.69) is 33.0 Å². The van der Waals surface area contributed by atoms with Gasteiger partial charge >= 0.3 is 0 Å². The minimum Gasteiger partial charge on any atom is -0.353 e. The first-order valence-corrected chi connectivity index (χ1v) is 8.42. The summed E-state index contributed by atoms with van der Waals surface area (Å²) in [6, 6.07) is 0.610. The second-order valence-electron chi connectivity index (χ2n) is 7.70. The van der Waals surface area contributed by atoms with Crippen LogP contribution in [0.5, 0.6) is 0 Å². The Morgan fingerprint density at radius 3 is 2.50 bits per heavy atom. The zero-order valence-electron chi connectivity index (χ0n) is 13.6. The summed E-state index contributed by atoms with van der Waals surface area (Å²) in [6.45, 7) is 8.80. The Hall–Kier alpha value is -0.570. The van der Waals surface area contributed by atoms with Crippen LogP contribution in [0.25, 0.3) is 0 Å². The summed E-state index contributed by atoms with van der Waals surface area (Å²) in [5.74, 6) is 1.65. The van der Waals surface area contributed by atoms with Gasteiger partial charge in [-0.3, -0.25) is 4.79 Å². The lowest BCUT2D eigenvalue weighted by molar-refractivity contribution is -0.133. The summed E-state index contributed by atoms with van der Waals surface area (Å²) in [6.07, 6.45) is 6.83. The van der Waals surface area contributed by atoms with Crippen LogP contribution in [0.1, 0.15) is 66.2 Å². The Morgan fingerprint density at radius 1 is 1.30 bits per heavy atom. The van der Waals surface area contributed by atoms with Crippen molar-refractivity contribution in [1.82, 2.24) is 5.32 Å². The Kier molecular flexibility index (Phi) is 4.78. The molecule has 2 aliphatic carbocycles. The molecule has 3 nitrogen and oxygen atoms in total. The fraction of sp³-hybridized carbons (Fsp3) is 0.941. The number of carbonyl (C=O) groups excluding carboxylic acids is 1. The average Bonchev–Trinajstić information content (AvgIpc) is 3.19. The molecule has 20 heavy (non-hydrogen) atoms. The predicted octanol–water partition coefficient (Wildman–Crippen LogP) is 3.08. The van der Waals surface area contributed by atoms with Crippen molar-refractivity contribution >= 4 is 5.91 Å². The molecule has 116 valence electrons. The molecule has 4 atom stereocenters. The van der Waals surface area contributed by atoms with E-state index in [0.717, 1.165) is 25.2 Å². The maximum Gasteiger partial charge on any atom is 0.223 e. The number of hydrogen-bond acceptors (Lipinski definition) is 2. The van der Waals surface area contributed by atoms with Gasteiger partial charge in [-0.05, 0) is 42.9 Å². The minimum atomic E-state index is -0.000375. The molecule has 4 unspecified atom stereocenters. The van der Waals surface area contributed by atoms with Gasteiger partial charge < -0.3 is 11.1 Å². The molecule has 0 radical (unpaired) electrons. The molecule has 2 rings (SSSR count). The van der Waals surface area contributed by atoms with Crippen molar-refractivity contribution in [2.45, 2.75) is 78.3 Å². The molecule has 0 spiro atoms. The molecule has 0 bridgehead atoms. The van der Waals surface area contributed by atoms with Crippen LogP contribution in [0.3, 0.4) is 0 Å². The fourth-order valence-electron chi connectivity index (χ4n) is 3.70. The molecular weight excluding hydrogens is 248 g/mol. The third kappa shape index (κ3) is 3.36. The molecular formula is C17H32N2O. The zero-order valence-corrected chi connectivity index (χ0v) is 13.6. The highest BCUT2D eigenvalue weighted by Gasteiger charge is 2.45. The molecule has 0 aromatic carbocycles. The molecule has 0 aromatic heterocycles. The number of carbonyl (C=O) groups is 1. The van der Waals surface area contributed by atoms with E-state index in [1.54, 1.807) is 0 Å². The van der Waals surface area contributed by atoms with E-state index in [0.29, 0.717) is 12.0 Å². The standard InChI is InChI=1S/C17H32N2O/c1-5-13(10-12-6-7-12)19-16(20)14-8-9-15(18)11(2)17(14,3)4/h11-15H,5-10,18H2,1-4H3,(H,19,20). The Balaban J connectivity index is 1.96. The van der Waals surface area contributed by atoms with Crippen LogP contribution < -0.4 is 11.1 Å². The van der Waals surface area contributed by atoms with Crippen LogP contribution in [0.4, 0.5) is 0 Å². The lowest BCUT2D eigenvalue weighted by atomic mass is 9.61. The first kappa shape index (κ1) is 15.8. The molecule has 3 heteroatoms. The molecule has 3 N–H and O–H groups in total. The van der Waals surface area contributed by atoms with Gasteiger partial charge in [-0.15, -0.1) is 0 Å². The van der Waals surface area contributed by atoms with Gasteiger partial charge in [0.2, 0.25) is 5.91 Å². The minimum absolute atomic E-state index is 0.000375. The molecule has 2 aliphatic rings. The fourth-order valence-corrected chi connectivity index (χ4v) is 3.70. The highest BCUT2D eigenvalue weighted by molar-refractivity contribution is 5.80. The SMILES string of the molecule is CCC(CC1CC1)NC(=O)C1CCC(N)C(C)C1(C)C. The lowest BCUT2D eigenvalue weighted by Gasteiger charge is -2.46. The van der Waals surface area contributed by atoms with E-state index >= 15 is 0 Å². The Bertz CT molecular complexity index is 349. The monoisotopic (exact) mass is 280 g/mol. The second kappa shape index (κ2) is 6.05. The topological polar surface area (TPSA) is 55.1 Å². The number of nitrogens with one attached hydrogen (secondary N) is 1. The van der Waals surface area contributed by atoms with E-state index in [1.165, 1.54) is 19.3 Å². The van der Waals surface area contributed by atoms with E-state index < -0.39 is 0 Å². The van der Waals surface area contributed by atoms with Gasteiger partial charge in [-0.2, -0.15) is 0 Å². The van der Waals surface area contributed by atoms with Gasteiger partial charge in [0, 0.05) is 18.0 Å².